The van der Waals surface area contributed by atoms with Gasteiger partial charge in [-0.15, -0.1) is 0 Å². The van der Waals surface area contributed by atoms with Gasteiger partial charge in [0.2, 0.25) is 5.91 Å². The summed E-state index contributed by atoms with van der Waals surface area (Å²) in [4.78, 5) is 39.4. The van der Waals surface area contributed by atoms with Gasteiger partial charge in [0.25, 0.3) is 0 Å². The van der Waals surface area contributed by atoms with Crippen molar-refractivity contribution >= 4 is 17.8 Å². The number of rotatable bonds is 9. The van der Waals surface area contributed by atoms with Gasteiger partial charge < -0.3 is 14.7 Å². The smallest absolute Gasteiger partial charge is 0.326 e. The van der Waals surface area contributed by atoms with Crippen LogP contribution in [0.1, 0.15) is 43.9 Å². The van der Waals surface area contributed by atoms with E-state index in [4.69, 9.17) is 4.74 Å². The maximum Gasteiger partial charge on any atom is 0.326 e. The van der Waals surface area contributed by atoms with E-state index in [1.807, 2.05) is 54.6 Å². The Morgan fingerprint density at radius 2 is 1.67 bits per heavy atom. The van der Waals surface area contributed by atoms with Crippen LogP contribution in [0.3, 0.4) is 0 Å². The molecular formula is C26H32N2O5. The highest BCUT2D eigenvalue weighted by molar-refractivity contribution is 5.88. The molecule has 1 heterocycles. The number of carboxylic acids is 1. The van der Waals surface area contributed by atoms with Gasteiger partial charge in [0.05, 0.1) is 12.1 Å². The Morgan fingerprint density at radius 1 is 1.03 bits per heavy atom. The Balaban J connectivity index is 1.73. The number of amides is 1. The molecule has 0 fully saturated rings. The first-order chi connectivity index (χ1) is 15.8. The SMILES string of the molecule is CC(C)OC(=O)[C@H](CCc1ccccc1)N[C@@H](C)C(=O)N1Cc2ccccc2C[C@@H]1C(=O)O. The highest BCUT2D eigenvalue weighted by atomic mass is 16.5. The zero-order valence-electron chi connectivity index (χ0n) is 19.4. The molecule has 0 spiro atoms. The van der Waals surface area contributed by atoms with Crippen molar-refractivity contribution in [3.05, 3.63) is 71.3 Å². The van der Waals surface area contributed by atoms with Gasteiger partial charge in [-0.05, 0) is 50.3 Å². The molecule has 0 saturated heterocycles. The fourth-order valence-electron chi connectivity index (χ4n) is 4.14. The van der Waals surface area contributed by atoms with Crippen LogP contribution in [-0.2, 0) is 38.5 Å². The highest BCUT2D eigenvalue weighted by Crippen LogP contribution is 2.24. The Hall–Kier alpha value is -3.19. The Kier molecular flexibility index (Phi) is 8.22. The number of hydrogen-bond acceptors (Lipinski definition) is 5. The molecule has 2 N–H and O–H groups in total. The number of hydrogen-bond donors (Lipinski definition) is 2. The molecule has 3 rings (SSSR count). The lowest BCUT2D eigenvalue weighted by molar-refractivity contribution is -0.154. The number of benzene rings is 2. The van der Waals surface area contributed by atoms with Gasteiger partial charge in [-0.3, -0.25) is 14.9 Å². The van der Waals surface area contributed by atoms with E-state index in [0.717, 1.165) is 16.7 Å². The Morgan fingerprint density at radius 3 is 2.30 bits per heavy atom. The summed E-state index contributed by atoms with van der Waals surface area (Å²) in [6, 6.07) is 15.0. The van der Waals surface area contributed by atoms with E-state index in [-0.39, 0.29) is 25.0 Å². The third-order valence-electron chi connectivity index (χ3n) is 5.84. The molecule has 0 aromatic heterocycles. The van der Waals surface area contributed by atoms with Crippen molar-refractivity contribution in [1.29, 1.82) is 0 Å². The first kappa shape index (κ1) is 24.5. The van der Waals surface area contributed by atoms with Crippen molar-refractivity contribution in [2.45, 2.75) is 70.8 Å². The summed E-state index contributed by atoms with van der Waals surface area (Å²) < 4.78 is 5.41. The van der Waals surface area contributed by atoms with Gasteiger partial charge in [0, 0.05) is 13.0 Å². The number of nitrogens with zero attached hydrogens (tertiary/aromatic N) is 1. The number of aryl methyl sites for hydroxylation is 1. The first-order valence-corrected chi connectivity index (χ1v) is 11.4. The topological polar surface area (TPSA) is 95.9 Å². The van der Waals surface area contributed by atoms with Crippen molar-refractivity contribution < 1.29 is 24.2 Å². The number of carbonyl (C=O) groups is 3. The lowest BCUT2D eigenvalue weighted by Crippen LogP contribution is -2.56. The van der Waals surface area contributed by atoms with Gasteiger partial charge in [-0.25, -0.2) is 4.79 Å². The van der Waals surface area contributed by atoms with Crippen LogP contribution in [0, 0.1) is 0 Å². The normalized spacial score (nSPS) is 17.2. The van der Waals surface area contributed by atoms with Crippen LogP contribution in [0.4, 0.5) is 0 Å². The van der Waals surface area contributed by atoms with E-state index >= 15 is 0 Å². The zero-order chi connectivity index (χ0) is 24.0. The molecule has 1 aliphatic rings. The molecule has 1 aliphatic heterocycles. The fraction of sp³-hybridized carbons (Fsp3) is 0.423. The van der Waals surface area contributed by atoms with Crippen molar-refractivity contribution in [2.75, 3.05) is 0 Å². The van der Waals surface area contributed by atoms with Gasteiger partial charge in [-0.2, -0.15) is 0 Å². The summed E-state index contributed by atoms with van der Waals surface area (Å²) in [5, 5.41) is 12.9. The van der Waals surface area contributed by atoms with Crippen molar-refractivity contribution in [1.82, 2.24) is 10.2 Å². The van der Waals surface area contributed by atoms with E-state index in [1.54, 1.807) is 20.8 Å². The predicted molar refractivity (Wildman–Crippen MR) is 124 cm³/mol. The minimum Gasteiger partial charge on any atom is -0.480 e. The third kappa shape index (κ3) is 6.42. The first-order valence-electron chi connectivity index (χ1n) is 11.4. The van der Waals surface area contributed by atoms with Crippen LogP contribution < -0.4 is 5.32 Å². The van der Waals surface area contributed by atoms with Crippen molar-refractivity contribution in [3.8, 4) is 0 Å². The van der Waals surface area contributed by atoms with Crippen LogP contribution in [0.5, 0.6) is 0 Å². The maximum absolute atomic E-state index is 13.3. The van der Waals surface area contributed by atoms with Crippen molar-refractivity contribution in [3.63, 3.8) is 0 Å². The molecular weight excluding hydrogens is 420 g/mol. The second-order valence-electron chi connectivity index (χ2n) is 8.74. The molecule has 176 valence electrons. The summed E-state index contributed by atoms with van der Waals surface area (Å²) in [6.45, 7) is 5.45. The molecule has 0 saturated carbocycles. The third-order valence-corrected chi connectivity index (χ3v) is 5.84. The fourth-order valence-corrected chi connectivity index (χ4v) is 4.14. The second-order valence-corrected chi connectivity index (χ2v) is 8.74. The van der Waals surface area contributed by atoms with E-state index in [2.05, 4.69) is 5.32 Å². The van der Waals surface area contributed by atoms with Crippen molar-refractivity contribution in [2.24, 2.45) is 0 Å². The summed E-state index contributed by atoms with van der Waals surface area (Å²) in [6.07, 6.45) is 1.08. The molecule has 0 unspecified atom stereocenters. The molecule has 7 heteroatoms. The summed E-state index contributed by atoms with van der Waals surface area (Å²) in [7, 11) is 0. The number of aliphatic carboxylic acids is 1. The number of carboxylic acid groups (broad SMARTS) is 1. The molecule has 1 amide bonds. The minimum atomic E-state index is -1.04. The van der Waals surface area contributed by atoms with Crippen LogP contribution in [0.25, 0.3) is 0 Å². The van der Waals surface area contributed by atoms with Crippen LogP contribution in [-0.4, -0.2) is 52.1 Å². The summed E-state index contributed by atoms with van der Waals surface area (Å²) >= 11 is 0. The summed E-state index contributed by atoms with van der Waals surface area (Å²) in [5.41, 5.74) is 2.96. The van der Waals surface area contributed by atoms with E-state index in [9.17, 15) is 19.5 Å². The number of carbonyl (C=O) groups excluding carboxylic acids is 2. The average molecular weight is 453 g/mol. The van der Waals surface area contributed by atoms with E-state index < -0.39 is 30.1 Å². The van der Waals surface area contributed by atoms with Crippen LogP contribution in [0.15, 0.2) is 54.6 Å². The number of nitrogens with one attached hydrogen (secondary N) is 1. The molecule has 2 aromatic rings. The summed E-state index contributed by atoms with van der Waals surface area (Å²) in [5.74, 6) is -1.80. The number of esters is 1. The van der Waals surface area contributed by atoms with Crippen LogP contribution >= 0.6 is 0 Å². The monoisotopic (exact) mass is 452 g/mol. The van der Waals surface area contributed by atoms with E-state index in [0.29, 0.717) is 12.8 Å². The lowest BCUT2D eigenvalue weighted by atomic mass is 9.93. The maximum atomic E-state index is 13.3. The average Bonchev–Trinajstić information content (AvgIpc) is 2.80. The zero-order valence-corrected chi connectivity index (χ0v) is 19.4. The molecule has 2 aromatic carbocycles. The molecule has 0 bridgehead atoms. The standard InChI is InChI=1S/C26H32N2O5/c1-17(2)33-26(32)22(14-13-19-9-5-4-6-10-19)27-18(3)24(29)28-16-21-12-8-7-11-20(21)15-23(28)25(30)31/h4-12,17-18,22-23,27H,13-16H2,1-3H3,(H,30,31)/t18-,22-,23+/m0/s1. The Labute approximate surface area is 194 Å². The van der Waals surface area contributed by atoms with Gasteiger partial charge in [-0.1, -0.05) is 54.6 Å². The number of fused-ring (bicyclic) bond motifs is 1. The lowest BCUT2D eigenvalue weighted by Gasteiger charge is -2.36. The quantitative estimate of drug-likeness (QED) is 0.568. The molecule has 7 nitrogen and oxygen atoms in total. The van der Waals surface area contributed by atoms with Crippen LogP contribution in [0.2, 0.25) is 0 Å². The predicted octanol–water partition coefficient (Wildman–Crippen LogP) is 2.96. The largest absolute Gasteiger partial charge is 0.480 e. The molecule has 0 aliphatic carbocycles. The van der Waals surface area contributed by atoms with Gasteiger partial charge in [0.1, 0.15) is 12.1 Å². The van der Waals surface area contributed by atoms with Gasteiger partial charge in [0.15, 0.2) is 0 Å². The highest BCUT2D eigenvalue weighted by Gasteiger charge is 2.37. The second kappa shape index (κ2) is 11.1. The van der Waals surface area contributed by atoms with E-state index in [1.165, 1.54) is 4.90 Å². The number of ether oxygens (including phenoxy) is 1. The molecule has 3 atom stereocenters. The molecule has 0 radical (unpaired) electrons. The minimum absolute atomic E-state index is 0.225. The molecule has 33 heavy (non-hydrogen) atoms. The van der Waals surface area contributed by atoms with Gasteiger partial charge >= 0.3 is 11.9 Å². The Bertz CT molecular complexity index is 976.